The molecule has 0 bridgehead atoms. The van der Waals surface area contributed by atoms with Crippen LogP contribution in [0.5, 0.6) is 0 Å². The van der Waals surface area contributed by atoms with E-state index in [1.54, 1.807) is 17.4 Å². The summed E-state index contributed by atoms with van der Waals surface area (Å²) >= 11 is 1.65. The van der Waals surface area contributed by atoms with Crippen LogP contribution in [0.1, 0.15) is 27.0 Å². The van der Waals surface area contributed by atoms with E-state index in [-0.39, 0.29) is 18.0 Å². The maximum atomic E-state index is 13.4. The molecule has 0 aliphatic carbocycles. The molecule has 2 N–H and O–H groups in total. The molecule has 0 radical (unpaired) electrons. The van der Waals surface area contributed by atoms with E-state index in [1.807, 2.05) is 12.1 Å². The van der Waals surface area contributed by atoms with Gasteiger partial charge in [0.05, 0.1) is 18.7 Å². The summed E-state index contributed by atoms with van der Waals surface area (Å²) in [6.07, 6.45) is 0.970. The highest BCUT2D eigenvalue weighted by atomic mass is 32.1. The molecule has 2 aromatic rings. The standard InChI is InChI=1S/C16H17FN2O2S/c1-2-11-7-8-12(22-11)9-18-15(20)10-19-16(21)13-5-3-4-6-14(13)17/h3-8H,2,9-10H2,1H3,(H,18,20)(H,19,21). The third-order valence-electron chi connectivity index (χ3n) is 3.05. The van der Waals surface area contributed by atoms with Crippen molar-refractivity contribution < 1.29 is 14.0 Å². The topological polar surface area (TPSA) is 58.2 Å². The average Bonchev–Trinajstić information content (AvgIpc) is 2.99. The molecule has 0 saturated carbocycles. The third kappa shape index (κ3) is 4.39. The zero-order valence-corrected chi connectivity index (χ0v) is 13.0. The van der Waals surface area contributed by atoms with Gasteiger partial charge in [-0.25, -0.2) is 4.39 Å². The first-order valence-electron chi connectivity index (χ1n) is 6.97. The third-order valence-corrected chi connectivity index (χ3v) is 4.28. The van der Waals surface area contributed by atoms with Gasteiger partial charge in [-0.05, 0) is 30.7 Å². The number of hydrogen-bond acceptors (Lipinski definition) is 3. The smallest absolute Gasteiger partial charge is 0.254 e. The highest BCUT2D eigenvalue weighted by molar-refractivity contribution is 7.11. The molecule has 116 valence electrons. The number of carbonyl (C=O) groups is 2. The van der Waals surface area contributed by atoms with Crippen LogP contribution in [0.4, 0.5) is 4.39 Å². The Labute approximate surface area is 132 Å². The molecule has 2 amide bonds. The predicted molar refractivity (Wildman–Crippen MR) is 84.3 cm³/mol. The molecule has 0 unspecified atom stereocenters. The Bertz CT molecular complexity index is 670. The summed E-state index contributed by atoms with van der Waals surface area (Å²) in [4.78, 5) is 25.8. The largest absolute Gasteiger partial charge is 0.350 e. The van der Waals surface area contributed by atoms with Gasteiger partial charge in [0.15, 0.2) is 0 Å². The van der Waals surface area contributed by atoms with Gasteiger partial charge in [-0.15, -0.1) is 11.3 Å². The lowest BCUT2D eigenvalue weighted by Gasteiger charge is -2.06. The molecule has 4 nitrogen and oxygen atoms in total. The SMILES string of the molecule is CCc1ccc(CNC(=O)CNC(=O)c2ccccc2F)s1. The van der Waals surface area contributed by atoms with Crippen LogP contribution in [0.25, 0.3) is 0 Å². The second-order valence-corrected chi connectivity index (χ2v) is 5.91. The van der Waals surface area contributed by atoms with Crippen molar-refractivity contribution in [1.82, 2.24) is 10.6 Å². The zero-order valence-electron chi connectivity index (χ0n) is 12.2. The maximum absolute atomic E-state index is 13.4. The van der Waals surface area contributed by atoms with Gasteiger partial charge in [0.1, 0.15) is 5.82 Å². The average molecular weight is 320 g/mol. The quantitative estimate of drug-likeness (QED) is 0.859. The van der Waals surface area contributed by atoms with Crippen LogP contribution >= 0.6 is 11.3 Å². The van der Waals surface area contributed by atoms with E-state index < -0.39 is 11.7 Å². The lowest BCUT2D eigenvalue weighted by atomic mass is 10.2. The number of nitrogens with one attached hydrogen (secondary N) is 2. The number of halogens is 1. The molecule has 0 saturated heterocycles. The van der Waals surface area contributed by atoms with Crippen LogP contribution in [0.15, 0.2) is 36.4 Å². The Balaban J connectivity index is 1.78. The Morgan fingerprint density at radius 2 is 1.82 bits per heavy atom. The maximum Gasteiger partial charge on any atom is 0.254 e. The van der Waals surface area contributed by atoms with Crippen molar-refractivity contribution in [1.29, 1.82) is 0 Å². The van der Waals surface area contributed by atoms with Crippen LogP contribution in [0, 0.1) is 5.82 Å². The lowest BCUT2D eigenvalue weighted by molar-refractivity contribution is -0.120. The van der Waals surface area contributed by atoms with Gasteiger partial charge < -0.3 is 10.6 Å². The van der Waals surface area contributed by atoms with Crippen LogP contribution in [0.3, 0.4) is 0 Å². The van der Waals surface area contributed by atoms with E-state index in [4.69, 9.17) is 0 Å². The second-order valence-electron chi connectivity index (χ2n) is 4.66. The first-order chi connectivity index (χ1) is 10.6. The Hall–Kier alpha value is -2.21. The fourth-order valence-corrected chi connectivity index (χ4v) is 2.75. The van der Waals surface area contributed by atoms with Gasteiger partial charge in [-0.3, -0.25) is 9.59 Å². The molecule has 1 aromatic heterocycles. The van der Waals surface area contributed by atoms with E-state index in [1.165, 1.54) is 23.1 Å². The second kappa shape index (κ2) is 7.70. The van der Waals surface area contributed by atoms with Crippen LogP contribution in [-0.2, 0) is 17.8 Å². The summed E-state index contributed by atoms with van der Waals surface area (Å²) < 4.78 is 13.4. The van der Waals surface area contributed by atoms with Crippen molar-refractivity contribution in [2.45, 2.75) is 19.9 Å². The van der Waals surface area contributed by atoms with Gasteiger partial charge in [0, 0.05) is 9.75 Å². The van der Waals surface area contributed by atoms with E-state index in [2.05, 4.69) is 17.6 Å². The normalized spacial score (nSPS) is 10.3. The fraction of sp³-hybridized carbons (Fsp3) is 0.250. The summed E-state index contributed by atoms with van der Waals surface area (Å²) in [7, 11) is 0. The van der Waals surface area contributed by atoms with Crippen molar-refractivity contribution in [2.75, 3.05) is 6.54 Å². The molecular formula is C16H17FN2O2S. The fourth-order valence-electron chi connectivity index (χ4n) is 1.86. The molecule has 2 rings (SSSR count). The van der Waals surface area contributed by atoms with Crippen molar-refractivity contribution >= 4 is 23.2 Å². The molecule has 0 aliphatic heterocycles. The summed E-state index contributed by atoms with van der Waals surface area (Å²) in [5.74, 6) is -1.51. The van der Waals surface area contributed by atoms with Crippen molar-refractivity contribution in [3.63, 3.8) is 0 Å². The Kier molecular flexibility index (Phi) is 5.66. The number of benzene rings is 1. The number of rotatable bonds is 6. The minimum absolute atomic E-state index is 0.0684. The van der Waals surface area contributed by atoms with Gasteiger partial charge in [0.2, 0.25) is 5.91 Å². The Morgan fingerprint density at radius 3 is 2.50 bits per heavy atom. The number of aryl methyl sites for hydroxylation is 1. The molecule has 0 atom stereocenters. The number of carbonyl (C=O) groups excluding carboxylic acids is 2. The monoisotopic (exact) mass is 320 g/mol. The van der Waals surface area contributed by atoms with Crippen LogP contribution < -0.4 is 10.6 Å². The van der Waals surface area contributed by atoms with Crippen molar-refractivity contribution in [3.8, 4) is 0 Å². The molecule has 1 aromatic carbocycles. The molecule has 0 spiro atoms. The first kappa shape index (κ1) is 16.2. The number of hydrogen-bond donors (Lipinski definition) is 2. The Morgan fingerprint density at radius 1 is 1.09 bits per heavy atom. The van der Waals surface area contributed by atoms with Gasteiger partial charge in [-0.2, -0.15) is 0 Å². The van der Waals surface area contributed by atoms with Crippen molar-refractivity contribution in [3.05, 3.63) is 57.5 Å². The van der Waals surface area contributed by atoms with Gasteiger partial charge in [-0.1, -0.05) is 19.1 Å². The lowest BCUT2D eigenvalue weighted by Crippen LogP contribution is -2.36. The minimum Gasteiger partial charge on any atom is -0.350 e. The molecule has 6 heteroatoms. The van der Waals surface area contributed by atoms with E-state index in [0.717, 1.165) is 11.3 Å². The molecule has 0 aliphatic rings. The first-order valence-corrected chi connectivity index (χ1v) is 7.78. The molecule has 22 heavy (non-hydrogen) atoms. The highest BCUT2D eigenvalue weighted by Crippen LogP contribution is 2.16. The molecule has 0 fully saturated rings. The summed E-state index contributed by atoms with van der Waals surface area (Å²) in [6.45, 7) is 2.32. The van der Waals surface area contributed by atoms with Gasteiger partial charge in [0.25, 0.3) is 5.91 Å². The van der Waals surface area contributed by atoms with Crippen LogP contribution in [-0.4, -0.2) is 18.4 Å². The van der Waals surface area contributed by atoms with Crippen LogP contribution in [0.2, 0.25) is 0 Å². The zero-order chi connectivity index (χ0) is 15.9. The van der Waals surface area contributed by atoms with Crippen molar-refractivity contribution in [2.24, 2.45) is 0 Å². The molecular weight excluding hydrogens is 303 g/mol. The van der Waals surface area contributed by atoms with E-state index >= 15 is 0 Å². The summed E-state index contributed by atoms with van der Waals surface area (Å²) in [6, 6.07) is 9.66. The van der Waals surface area contributed by atoms with E-state index in [9.17, 15) is 14.0 Å². The van der Waals surface area contributed by atoms with E-state index in [0.29, 0.717) is 6.54 Å². The minimum atomic E-state index is -0.605. The highest BCUT2D eigenvalue weighted by Gasteiger charge is 2.11. The number of amides is 2. The van der Waals surface area contributed by atoms with Gasteiger partial charge >= 0.3 is 0 Å². The molecule has 1 heterocycles. The summed E-state index contributed by atoms with van der Waals surface area (Å²) in [5, 5.41) is 5.13. The number of thiophene rings is 1. The summed E-state index contributed by atoms with van der Waals surface area (Å²) in [5.41, 5.74) is -0.0684. The predicted octanol–water partition coefficient (Wildman–Crippen LogP) is 2.50.